The number of aromatic nitrogens is 1. The first-order chi connectivity index (χ1) is 16.9. The van der Waals surface area contributed by atoms with Crippen molar-refractivity contribution in [1.82, 2.24) is 4.40 Å². The summed E-state index contributed by atoms with van der Waals surface area (Å²) in [5.74, 6) is -4.31. The molecule has 0 bridgehead atoms. The van der Waals surface area contributed by atoms with E-state index in [9.17, 15) is 22.8 Å². The first kappa shape index (κ1) is 22.2. The summed E-state index contributed by atoms with van der Waals surface area (Å²) in [7, 11) is 0. The van der Waals surface area contributed by atoms with Crippen molar-refractivity contribution in [3.05, 3.63) is 126 Å². The van der Waals surface area contributed by atoms with Gasteiger partial charge in [0.1, 0.15) is 23.1 Å². The lowest BCUT2D eigenvalue weighted by Crippen LogP contribution is -2.34. The Balaban J connectivity index is 1.69. The van der Waals surface area contributed by atoms with Crippen LogP contribution in [-0.2, 0) is 4.79 Å². The lowest BCUT2D eigenvalue weighted by atomic mass is 10.0. The van der Waals surface area contributed by atoms with Gasteiger partial charge < -0.3 is 4.40 Å². The van der Waals surface area contributed by atoms with E-state index in [2.05, 4.69) is 0 Å². The van der Waals surface area contributed by atoms with Gasteiger partial charge in [-0.05, 0) is 60.2 Å². The standard InChI is InChI=1S/C28H17F3N2O2/c29-19-8-6-7-18(15-19)23-17-22-11-4-5-14-32(22)26(23)27(34)28(35)33(21-9-2-1-3-10-21)25-13-12-20(30)16-24(25)31/h1-17H. The van der Waals surface area contributed by atoms with Crippen molar-refractivity contribution in [2.24, 2.45) is 0 Å². The van der Waals surface area contributed by atoms with Crippen LogP contribution in [0.1, 0.15) is 10.5 Å². The van der Waals surface area contributed by atoms with E-state index in [1.54, 1.807) is 54.7 Å². The van der Waals surface area contributed by atoms with Crippen molar-refractivity contribution in [2.45, 2.75) is 0 Å². The molecule has 5 aromatic rings. The van der Waals surface area contributed by atoms with E-state index < -0.39 is 29.1 Å². The van der Waals surface area contributed by atoms with Crippen molar-refractivity contribution in [2.75, 3.05) is 4.90 Å². The lowest BCUT2D eigenvalue weighted by molar-refractivity contribution is -0.114. The second kappa shape index (κ2) is 8.95. The van der Waals surface area contributed by atoms with Crippen LogP contribution in [-0.4, -0.2) is 16.1 Å². The molecule has 5 rings (SSSR count). The second-order valence-corrected chi connectivity index (χ2v) is 7.81. The normalized spacial score (nSPS) is 10.9. The van der Waals surface area contributed by atoms with E-state index in [0.29, 0.717) is 22.7 Å². The van der Waals surface area contributed by atoms with Gasteiger partial charge in [0.05, 0.1) is 5.69 Å². The van der Waals surface area contributed by atoms with Crippen LogP contribution in [0, 0.1) is 17.5 Å². The molecule has 0 N–H and O–H groups in total. The van der Waals surface area contributed by atoms with E-state index in [0.717, 1.165) is 17.0 Å². The number of anilines is 2. The molecule has 1 amide bonds. The number of nitrogens with zero attached hydrogens (tertiary/aromatic N) is 2. The monoisotopic (exact) mass is 470 g/mol. The van der Waals surface area contributed by atoms with Gasteiger partial charge in [-0.25, -0.2) is 13.2 Å². The largest absolute Gasteiger partial charge is 0.313 e. The van der Waals surface area contributed by atoms with Crippen LogP contribution in [0.25, 0.3) is 16.6 Å². The number of benzene rings is 3. The third-order valence-electron chi connectivity index (χ3n) is 5.59. The molecule has 172 valence electrons. The van der Waals surface area contributed by atoms with Crippen molar-refractivity contribution >= 4 is 28.6 Å². The molecule has 0 aliphatic heterocycles. The Morgan fingerprint density at radius 1 is 0.714 bits per heavy atom. The molecule has 0 aliphatic carbocycles. The average Bonchev–Trinajstić information content (AvgIpc) is 3.25. The minimum atomic E-state index is -1.05. The zero-order valence-corrected chi connectivity index (χ0v) is 18.2. The summed E-state index contributed by atoms with van der Waals surface area (Å²) in [6, 6.07) is 23.4. The van der Waals surface area contributed by atoms with Crippen LogP contribution in [0.2, 0.25) is 0 Å². The van der Waals surface area contributed by atoms with Crippen molar-refractivity contribution in [3.8, 4) is 11.1 Å². The summed E-state index contributed by atoms with van der Waals surface area (Å²) < 4.78 is 43.9. The number of pyridine rings is 1. The summed E-state index contributed by atoms with van der Waals surface area (Å²) in [5, 5.41) is 0. The molecular weight excluding hydrogens is 453 g/mol. The minimum absolute atomic E-state index is 0.000323. The molecule has 0 atom stereocenters. The number of ketones is 1. The van der Waals surface area contributed by atoms with E-state index in [4.69, 9.17) is 0 Å². The van der Waals surface area contributed by atoms with Crippen LogP contribution < -0.4 is 4.90 Å². The van der Waals surface area contributed by atoms with Gasteiger partial charge in [-0.2, -0.15) is 0 Å². The first-order valence-corrected chi connectivity index (χ1v) is 10.7. The maximum absolute atomic E-state index is 14.8. The highest BCUT2D eigenvalue weighted by molar-refractivity contribution is 6.49. The molecule has 2 heterocycles. The Morgan fingerprint density at radius 3 is 2.20 bits per heavy atom. The van der Waals surface area contributed by atoms with E-state index in [-0.39, 0.29) is 17.1 Å². The predicted octanol–water partition coefficient (Wildman–Crippen LogP) is 6.57. The fraction of sp³-hybridized carbons (Fsp3) is 0. The quantitative estimate of drug-likeness (QED) is 0.215. The van der Waals surface area contributed by atoms with Gasteiger partial charge in [0, 0.05) is 29.0 Å². The minimum Gasteiger partial charge on any atom is -0.313 e. The Kier molecular flexibility index (Phi) is 5.66. The number of halogens is 3. The maximum Gasteiger partial charge on any atom is 0.305 e. The highest BCUT2D eigenvalue weighted by Crippen LogP contribution is 2.33. The van der Waals surface area contributed by atoms with E-state index in [1.807, 2.05) is 0 Å². The molecule has 0 radical (unpaired) electrons. The molecule has 0 saturated carbocycles. The number of rotatable bonds is 5. The molecule has 0 fully saturated rings. The zero-order chi connectivity index (χ0) is 24.5. The Bertz CT molecular complexity index is 1580. The number of fused-ring (bicyclic) bond motifs is 1. The maximum atomic E-state index is 14.8. The van der Waals surface area contributed by atoms with Crippen LogP contribution in [0.4, 0.5) is 24.5 Å². The first-order valence-electron chi connectivity index (χ1n) is 10.7. The number of hydrogen-bond donors (Lipinski definition) is 0. The van der Waals surface area contributed by atoms with Crippen molar-refractivity contribution < 1.29 is 22.8 Å². The van der Waals surface area contributed by atoms with E-state index >= 15 is 0 Å². The molecule has 3 aromatic carbocycles. The SMILES string of the molecule is O=C(C(=O)N(c1ccccc1)c1ccc(F)cc1F)c1c(-c2cccc(F)c2)cc2ccccn12. The second-order valence-electron chi connectivity index (χ2n) is 7.81. The molecule has 0 aliphatic rings. The smallest absolute Gasteiger partial charge is 0.305 e. The summed E-state index contributed by atoms with van der Waals surface area (Å²) in [6.45, 7) is 0. The Hall–Kier alpha value is -4.65. The Labute approximate surface area is 198 Å². The third-order valence-corrected chi connectivity index (χ3v) is 5.59. The molecule has 2 aromatic heterocycles. The highest BCUT2D eigenvalue weighted by Gasteiger charge is 2.32. The van der Waals surface area contributed by atoms with Gasteiger partial charge in [-0.3, -0.25) is 14.5 Å². The molecular formula is C28H17F3N2O2. The highest BCUT2D eigenvalue weighted by atomic mass is 19.1. The molecule has 7 heteroatoms. The number of Topliss-reactive ketones (excluding diaryl/α,β-unsaturated/α-hetero) is 1. The van der Waals surface area contributed by atoms with Gasteiger partial charge in [-0.1, -0.05) is 36.4 Å². The number of carbonyl (C=O) groups excluding carboxylic acids is 2. The van der Waals surface area contributed by atoms with Crippen LogP contribution in [0.5, 0.6) is 0 Å². The summed E-state index contributed by atoms with van der Waals surface area (Å²) >= 11 is 0. The topological polar surface area (TPSA) is 41.8 Å². The summed E-state index contributed by atoms with van der Waals surface area (Å²) in [4.78, 5) is 28.4. The van der Waals surface area contributed by atoms with Crippen molar-refractivity contribution in [3.63, 3.8) is 0 Å². The predicted molar refractivity (Wildman–Crippen MR) is 127 cm³/mol. The summed E-state index contributed by atoms with van der Waals surface area (Å²) in [6.07, 6.45) is 1.62. The number of amides is 1. The molecule has 4 nitrogen and oxygen atoms in total. The lowest BCUT2D eigenvalue weighted by Gasteiger charge is -2.23. The van der Waals surface area contributed by atoms with Gasteiger partial charge in [-0.15, -0.1) is 0 Å². The zero-order valence-electron chi connectivity index (χ0n) is 18.2. The fourth-order valence-electron chi connectivity index (χ4n) is 4.04. The van der Waals surface area contributed by atoms with E-state index in [1.165, 1.54) is 34.7 Å². The molecule has 35 heavy (non-hydrogen) atoms. The average molecular weight is 470 g/mol. The third kappa shape index (κ3) is 4.08. The van der Waals surface area contributed by atoms with Crippen LogP contribution in [0.15, 0.2) is 103 Å². The number of hydrogen-bond acceptors (Lipinski definition) is 2. The fourth-order valence-corrected chi connectivity index (χ4v) is 4.04. The number of para-hydroxylation sites is 1. The molecule has 0 unspecified atom stereocenters. The van der Waals surface area contributed by atoms with Crippen LogP contribution in [0.3, 0.4) is 0 Å². The Morgan fingerprint density at radius 2 is 1.46 bits per heavy atom. The van der Waals surface area contributed by atoms with Gasteiger partial charge in [0.25, 0.3) is 5.78 Å². The van der Waals surface area contributed by atoms with Gasteiger partial charge in [0.15, 0.2) is 0 Å². The van der Waals surface area contributed by atoms with Crippen LogP contribution >= 0.6 is 0 Å². The summed E-state index contributed by atoms with van der Waals surface area (Å²) in [5.41, 5.74) is 1.32. The molecule has 0 spiro atoms. The van der Waals surface area contributed by atoms with Gasteiger partial charge >= 0.3 is 5.91 Å². The van der Waals surface area contributed by atoms with Crippen molar-refractivity contribution in [1.29, 1.82) is 0 Å². The molecule has 0 saturated heterocycles. The van der Waals surface area contributed by atoms with Gasteiger partial charge in [0.2, 0.25) is 0 Å². The number of carbonyl (C=O) groups is 2.